The zero-order valence-corrected chi connectivity index (χ0v) is 13.4. The molecule has 0 amide bonds. The number of hydrogen-bond donors (Lipinski definition) is 0. The third kappa shape index (κ3) is 3.56. The van der Waals surface area contributed by atoms with Crippen LogP contribution in [0.25, 0.3) is 10.9 Å². The van der Waals surface area contributed by atoms with Gasteiger partial charge in [-0.25, -0.2) is 4.98 Å². The maximum absolute atomic E-state index is 6.29. The molecule has 1 saturated carbocycles. The van der Waals surface area contributed by atoms with Crippen molar-refractivity contribution in [3.05, 3.63) is 41.0 Å². The Balaban J connectivity index is 1.71. The van der Waals surface area contributed by atoms with E-state index in [0.717, 1.165) is 41.1 Å². The molecule has 1 heterocycles. The summed E-state index contributed by atoms with van der Waals surface area (Å²) in [4.78, 5) is 4.45. The molecular formula is C18H22ClNO. The van der Waals surface area contributed by atoms with Crippen molar-refractivity contribution in [2.45, 2.75) is 45.8 Å². The van der Waals surface area contributed by atoms with Crippen molar-refractivity contribution >= 4 is 22.5 Å². The molecule has 0 bridgehead atoms. The number of nitrogens with zero attached hydrogens (tertiary/aromatic N) is 1. The Morgan fingerprint density at radius 2 is 1.86 bits per heavy atom. The molecule has 0 spiro atoms. The van der Waals surface area contributed by atoms with Crippen molar-refractivity contribution in [1.82, 2.24) is 4.98 Å². The fraction of sp³-hybridized carbons (Fsp3) is 0.500. The van der Waals surface area contributed by atoms with Gasteiger partial charge in [-0.05, 0) is 43.2 Å². The van der Waals surface area contributed by atoms with Crippen LogP contribution in [-0.2, 0) is 11.3 Å². The third-order valence-corrected chi connectivity index (χ3v) is 4.69. The summed E-state index contributed by atoms with van der Waals surface area (Å²) in [5.41, 5.74) is 1.92. The standard InChI is InChI=1S/C18H22ClNO/c1-12-7-13(2)9-16(8-12)21-11-15-10-14-5-3-4-6-17(14)20-18(15)19/h3-6,10,12-13,16H,7-9,11H2,1-2H3. The lowest BCUT2D eigenvalue weighted by Gasteiger charge is -2.31. The number of hydrogen-bond acceptors (Lipinski definition) is 2. The van der Waals surface area contributed by atoms with E-state index in [-0.39, 0.29) is 0 Å². The van der Waals surface area contributed by atoms with Gasteiger partial charge in [0, 0.05) is 10.9 Å². The van der Waals surface area contributed by atoms with Gasteiger partial charge in [0.15, 0.2) is 0 Å². The number of benzene rings is 1. The molecule has 3 heteroatoms. The number of aromatic nitrogens is 1. The lowest BCUT2D eigenvalue weighted by atomic mass is 9.82. The van der Waals surface area contributed by atoms with Gasteiger partial charge in [0.2, 0.25) is 0 Å². The smallest absolute Gasteiger partial charge is 0.135 e. The van der Waals surface area contributed by atoms with E-state index in [1.54, 1.807) is 0 Å². The fourth-order valence-electron chi connectivity index (χ4n) is 3.45. The van der Waals surface area contributed by atoms with E-state index in [0.29, 0.717) is 17.9 Å². The topological polar surface area (TPSA) is 22.1 Å². The lowest BCUT2D eigenvalue weighted by molar-refractivity contribution is -0.00916. The van der Waals surface area contributed by atoms with Crippen LogP contribution < -0.4 is 0 Å². The predicted molar refractivity (Wildman–Crippen MR) is 87.5 cm³/mol. The van der Waals surface area contributed by atoms with Gasteiger partial charge in [-0.15, -0.1) is 0 Å². The number of rotatable bonds is 3. The van der Waals surface area contributed by atoms with Gasteiger partial charge in [-0.2, -0.15) is 0 Å². The van der Waals surface area contributed by atoms with Crippen LogP contribution in [-0.4, -0.2) is 11.1 Å². The molecule has 1 aliphatic rings. The first-order valence-electron chi connectivity index (χ1n) is 7.77. The summed E-state index contributed by atoms with van der Waals surface area (Å²) in [6.45, 7) is 5.19. The second-order valence-electron chi connectivity index (χ2n) is 6.48. The first kappa shape index (κ1) is 14.8. The summed E-state index contributed by atoms with van der Waals surface area (Å²) in [5, 5.41) is 1.68. The second-order valence-corrected chi connectivity index (χ2v) is 6.84. The van der Waals surface area contributed by atoms with Gasteiger partial charge < -0.3 is 4.74 Å². The Kier molecular flexibility index (Phi) is 4.46. The van der Waals surface area contributed by atoms with Crippen LogP contribution in [0.1, 0.15) is 38.7 Å². The Hall–Kier alpha value is -1.12. The average molecular weight is 304 g/mol. The maximum atomic E-state index is 6.29. The summed E-state index contributed by atoms with van der Waals surface area (Å²) in [6, 6.07) is 10.1. The molecule has 2 aromatic rings. The van der Waals surface area contributed by atoms with Crippen LogP contribution >= 0.6 is 11.6 Å². The molecule has 0 aliphatic heterocycles. The normalized spacial score (nSPS) is 26.1. The van der Waals surface area contributed by atoms with Crippen LogP contribution in [0, 0.1) is 11.8 Å². The third-order valence-electron chi connectivity index (χ3n) is 4.36. The zero-order chi connectivity index (χ0) is 14.8. The van der Waals surface area contributed by atoms with E-state index >= 15 is 0 Å². The van der Waals surface area contributed by atoms with Gasteiger partial charge in [0.05, 0.1) is 18.2 Å². The molecule has 112 valence electrons. The van der Waals surface area contributed by atoms with Crippen molar-refractivity contribution in [1.29, 1.82) is 0 Å². The van der Waals surface area contributed by atoms with Gasteiger partial charge in [-0.1, -0.05) is 43.6 Å². The molecule has 2 nitrogen and oxygen atoms in total. The highest BCUT2D eigenvalue weighted by Crippen LogP contribution is 2.31. The predicted octanol–water partition coefficient (Wildman–Crippen LogP) is 5.23. The Morgan fingerprint density at radius 3 is 2.62 bits per heavy atom. The Bertz CT molecular complexity index is 618. The van der Waals surface area contributed by atoms with Crippen LogP contribution in [0.15, 0.2) is 30.3 Å². The number of para-hydroxylation sites is 1. The summed E-state index contributed by atoms with van der Waals surface area (Å²) < 4.78 is 6.12. The van der Waals surface area contributed by atoms with Crippen molar-refractivity contribution < 1.29 is 4.74 Å². The van der Waals surface area contributed by atoms with E-state index in [1.165, 1.54) is 6.42 Å². The van der Waals surface area contributed by atoms with Crippen molar-refractivity contribution in [2.24, 2.45) is 11.8 Å². The minimum absolute atomic E-state index is 0.353. The molecule has 1 fully saturated rings. The number of fused-ring (bicyclic) bond motifs is 1. The molecule has 2 atom stereocenters. The highest BCUT2D eigenvalue weighted by atomic mass is 35.5. The molecule has 3 rings (SSSR count). The summed E-state index contributed by atoms with van der Waals surface area (Å²) in [5.74, 6) is 1.51. The molecule has 0 radical (unpaired) electrons. The zero-order valence-electron chi connectivity index (χ0n) is 12.7. The van der Waals surface area contributed by atoms with Gasteiger partial charge in [0.25, 0.3) is 0 Å². The molecule has 2 unspecified atom stereocenters. The Labute approximate surface area is 131 Å². The molecule has 1 aliphatic carbocycles. The lowest BCUT2D eigenvalue weighted by Crippen LogP contribution is -2.26. The fourth-order valence-corrected chi connectivity index (χ4v) is 3.65. The van der Waals surface area contributed by atoms with Crippen molar-refractivity contribution in [2.75, 3.05) is 0 Å². The first-order chi connectivity index (χ1) is 10.1. The summed E-state index contributed by atoms with van der Waals surface area (Å²) >= 11 is 6.29. The van der Waals surface area contributed by atoms with Crippen LogP contribution in [0.4, 0.5) is 0 Å². The number of ether oxygens (including phenoxy) is 1. The summed E-state index contributed by atoms with van der Waals surface area (Å²) in [6.07, 6.45) is 3.98. The van der Waals surface area contributed by atoms with E-state index in [9.17, 15) is 0 Å². The molecule has 21 heavy (non-hydrogen) atoms. The second kappa shape index (κ2) is 6.33. The highest BCUT2D eigenvalue weighted by molar-refractivity contribution is 6.30. The van der Waals surface area contributed by atoms with Gasteiger partial charge >= 0.3 is 0 Å². The SMILES string of the molecule is CC1CC(C)CC(OCc2cc3ccccc3nc2Cl)C1. The Morgan fingerprint density at radius 1 is 1.14 bits per heavy atom. The van der Waals surface area contributed by atoms with Crippen LogP contribution in [0.5, 0.6) is 0 Å². The average Bonchev–Trinajstić information content (AvgIpc) is 2.44. The maximum Gasteiger partial charge on any atom is 0.135 e. The number of pyridine rings is 1. The van der Waals surface area contributed by atoms with Crippen molar-refractivity contribution in [3.63, 3.8) is 0 Å². The minimum Gasteiger partial charge on any atom is -0.373 e. The summed E-state index contributed by atoms with van der Waals surface area (Å²) in [7, 11) is 0. The molecular weight excluding hydrogens is 282 g/mol. The van der Waals surface area contributed by atoms with E-state index in [2.05, 4.69) is 31.0 Å². The van der Waals surface area contributed by atoms with Crippen LogP contribution in [0.2, 0.25) is 5.15 Å². The quantitative estimate of drug-likeness (QED) is 0.724. The first-order valence-corrected chi connectivity index (χ1v) is 8.15. The molecule has 0 saturated heterocycles. The van der Waals surface area contributed by atoms with Gasteiger partial charge in [0.1, 0.15) is 5.15 Å². The molecule has 1 aromatic carbocycles. The van der Waals surface area contributed by atoms with E-state index in [1.807, 2.05) is 18.2 Å². The van der Waals surface area contributed by atoms with Crippen molar-refractivity contribution in [3.8, 4) is 0 Å². The largest absolute Gasteiger partial charge is 0.373 e. The monoisotopic (exact) mass is 303 g/mol. The molecule has 0 N–H and O–H groups in total. The van der Waals surface area contributed by atoms with Crippen LogP contribution in [0.3, 0.4) is 0 Å². The van der Waals surface area contributed by atoms with Gasteiger partial charge in [-0.3, -0.25) is 0 Å². The number of halogens is 1. The molecule has 1 aromatic heterocycles. The highest BCUT2D eigenvalue weighted by Gasteiger charge is 2.24. The van der Waals surface area contributed by atoms with E-state index < -0.39 is 0 Å². The minimum atomic E-state index is 0.353. The van der Waals surface area contributed by atoms with E-state index in [4.69, 9.17) is 16.3 Å².